The predicted molar refractivity (Wildman–Crippen MR) is 87.5 cm³/mol. The first-order valence-electron chi connectivity index (χ1n) is 7.05. The number of carboxylic acid groups (broad SMARTS) is 1. The van der Waals surface area contributed by atoms with Crippen molar-refractivity contribution in [2.45, 2.75) is 18.9 Å². The van der Waals surface area contributed by atoms with Crippen LogP contribution in [0.2, 0.25) is 0 Å². The number of carbonyl (C=O) groups is 2. The second-order valence-corrected chi connectivity index (χ2v) is 6.13. The van der Waals surface area contributed by atoms with Crippen LogP contribution in [0.4, 0.5) is 8.78 Å². The summed E-state index contributed by atoms with van der Waals surface area (Å²) in [5.74, 6) is -3.81. The van der Waals surface area contributed by atoms with Crippen molar-refractivity contribution in [3.8, 4) is 0 Å². The van der Waals surface area contributed by atoms with Gasteiger partial charge in [-0.25, -0.2) is 13.6 Å². The van der Waals surface area contributed by atoms with Crippen LogP contribution in [0.5, 0.6) is 0 Å². The summed E-state index contributed by atoms with van der Waals surface area (Å²) in [5.41, 5.74) is 1.00. The maximum atomic E-state index is 13.1. The molecule has 0 aromatic heterocycles. The highest BCUT2D eigenvalue weighted by Gasteiger charge is 2.20. The molecule has 0 spiro atoms. The fourth-order valence-corrected chi connectivity index (χ4v) is 2.63. The fourth-order valence-electron chi connectivity index (χ4n) is 2.18. The maximum absolute atomic E-state index is 13.1. The standard InChI is InChI=1S/C17H14BrF2NO3/c18-12-3-1-2-10(6-12)8-15(17(23)24)21-16(22)9-11-4-5-13(19)14(20)7-11/h1-7,15H,8-9H2,(H,21,22)(H,23,24)/t15-/m0/s1. The highest BCUT2D eigenvalue weighted by Crippen LogP contribution is 2.14. The quantitative estimate of drug-likeness (QED) is 0.786. The molecule has 1 atom stereocenters. The summed E-state index contributed by atoms with van der Waals surface area (Å²) in [5, 5.41) is 11.7. The van der Waals surface area contributed by atoms with E-state index in [0.717, 1.165) is 22.2 Å². The number of amides is 1. The summed E-state index contributed by atoms with van der Waals surface area (Å²) in [6, 6.07) is 9.09. The van der Waals surface area contributed by atoms with E-state index in [4.69, 9.17) is 0 Å². The summed E-state index contributed by atoms with van der Waals surface area (Å²) in [7, 11) is 0. The molecule has 0 unspecified atom stereocenters. The van der Waals surface area contributed by atoms with Gasteiger partial charge in [0.25, 0.3) is 0 Å². The summed E-state index contributed by atoms with van der Waals surface area (Å²) in [6.07, 6.45) is -0.127. The van der Waals surface area contributed by atoms with Crippen LogP contribution in [0, 0.1) is 11.6 Å². The molecule has 0 saturated heterocycles. The van der Waals surface area contributed by atoms with Gasteiger partial charge in [-0.05, 0) is 35.4 Å². The van der Waals surface area contributed by atoms with Crippen LogP contribution in [0.1, 0.15) is 11.1 Å². The van der Waals surface area contributed by atoms with Crippen LogP contribution in [-0.2, 0) is 22.4 Å². The Morgan fingerprint density at radius 1 is 1.08 bits per heavy atom. The lowest BCUT2D eigenvalue weighted by Gasteiger charge is -2.15. The molecular formula is C17H14BrF2NO3. The molecule has 0 bridgehead atoms. The lowest BCUT2D eigenvalue weighted by molar-refractivity contribution is -0.141. The molecule has 4 nitrogen and oxygen atoms in total. The maximum Gasteiger partial charge on any atom is 0.326 e. The summed E-state index contributed by atoms with van der Waals surface area (Å²) < 4.78 is 26.8. The molecule has 0 saturated carbocycles. The Kier molecular flexibility index (Phi) is 6.03. The minimum atomic E-state index is -1.17. The van der Waals surface area contributed by atoms with E-state index in [2.05, 4.69) is 21.2 Å². The van der Waals surface area contributed by atoms with Crippen molar-refractivity contribution in [1.29, 1.82) is 0 Å². The van der Waals surface area contributed by atoms with E-state index >= 15 is 0 Å². The average molecular weight is 398 g/mol. The molecule has 1 amide bonds. The fraction of sp³-hybridized carbons (Fsp3) is 0.176. The molecule has 0 aliphatic heterocycles. The zero-order valence-electron chi connectivity index (χ0n) is 12.4. The Balaban J connectivity index is 2.02. The predicted octanol–water partition coefficient (Wildman–Crippen LogP) is 3.08. The van der Waals surface area contributed by atoms with E-state index in [-0.39, 0.29) is 18.4 Å². The Bertz CT molecular complexity index is 767. The molecule has 126 valence electrons. The number of benzene rings is 2. The second-order valence-electron chi connectivity index (χ2n) is 5.22. The van der Waals surface area contributed by atoms with Crippen molar-refractivity contribution in [3.05, 3.63) is 69.7 Å². The monoisotopic (exact) mass is 397 g/mol. The van der Waals surface area contributed by atoms with Gasteiger partial charge >= 0.3 is 5.97 Å². The SMILES string of the molecule is O=C(Cc1ccc(F)c(F)c1)N[C@@H](Cc1cccc(Br)c1)C(=O)O. The third-order valence-corrected chi connectivity index (χ3v) is 3.80. The number of hydrogen-bond acceptors (Lipinski definition) is 2. The van der Waals surface area contributed by atoms with E-state index in [1.807, 2.05) is 0 Å². The molecule has 24 heavy (non-hydrogen) atoms. The Hall–Kier alpha value is -2.28. The van der Waals surface area contributed by atoms with Crippen molar-refractivity contribution in [1.82, 2.24) is 5.32 Å². The van der Waals surface area contributed by atoms with Crippen LogP contribution >= 0.6 is 15.9 Å². The average Bonchev–Trinajstić information content (AvgIpc) is 2.50. The molecule has 2 rings (SSSR count). The first kappa shape index (κ1) is 18.1. The third kappa shape index (κ3) is 5.13. The van der Waals surface area contributed by atoms with Gasteiger partial charge in [-0.2, -0.15) is 0 Å². The first-order chi connectivity index (χ1) is 11.3. The Labute approximate surface area is 145 Å². The van der Waals surface area contributed by atoms with Crippen LogP contribution in [0.15, 0.2) is 46.9 Å². The molecule has 0 radical (unpaired) electrons. The van der Waals surface area contributed by atoms with Gasteiger partial charge in [-0.1, -0.05) is 34.1 Å². The largest absolute Gasteiger partial charge is 0.480 e. The van der Waals surface area contributed by atoms with Gasteiger partial charge < -0.3 is 10.4 Å². The number of aliphatic carboxylic acids is 1. The highest BCUT2D eigenvalue weighted by atomic mass is 79.9. The van der Waals surface area contributed by atoms with Crippen molar-refractivity contribution in [2.24, 2.45) is 0 Å². The van der Waals surface area contributed by atoms with E-state index in [1.165, 1.54) is 6.07 Å². The highest BCUT2D eigenvalue weighted by molar-refractivity contribution is 9.10. The van der Waals surface area contributed by atoms with Crippen molar-refractivity contribution in [2.75, 3.05) is 0 Å². The molecule has 0 heterocycles. The van der Waals surface area contributed by atoms with Crippen LogP contribution < -0.4 is 5.32 Å². The smallest absolute Gasteiger partial charge is 0.326 e. The topological polar surface area (TPSA) is 66.4 Å². The lowest BCUT2D eigenvalue weighted by atomic mass is 10.1. The van der Waals surface area contributed by atoms with Crippen molar-refractivity contribution >= 4 is 27.8 Å². The first-order valence-corrected chi connectivity index (χ1v) is 7.85. The number of carboxylic acids is 1. The number of nitrogens with one attached hydrogen (secondary N) is 1. The van der Waals surface area contributed by atoms with Gasteiger partial charge in [0.2, 0.25) is 5.91 Å². The van der Waals surface area contributed by atoms with Crippen LogP contribution in [0.25, 0.3) is 0 Å². The van der Waals surface area contributed by atoms with Gasteiger partial charge in [-0.3, -0.25) is 4.79 Å². The summed E-state index contributed by atoms with van der Waals surface area (Å²) in [6.45, 7) is 0. The molecule has 7 heteroatoms. The van der Waals surface area contributed by atoms with E-state index in [0.29, 0.717) is 0 Å². The van der Waals surface area contributed by atoms with Crippen molar-refractivity contribution < 1.29 is 23.5 Å². The molecular weight excluding hydrogens is 384 g/mol. The van der Waals surface area contributed by atoms with Gasteiger partial charge in [0.05, 0.1) is 6.42 Å². The molecule has 0 aliphatic carbocycles. The molecule has 2 aromatic rings. The zero-order valence-corrected chi connectivity index (χ0v) is 14.0. The second kappa shape index (κ2) is 8.01. The van der Waals surface area contributed by atoms with Crippen LogP contribution in [-0.4, -0.2) is 23.0 Å². The van der Waals surface area contributed by atoms with Crippen LogP contribution in [0.3, 0.4) is 0 Å². The molecule has 0 aliphatic rings. The Morgan fingerprint density at radius 3 is 2.46 bits per heavy atom. The molecule has 2 N–H and O–H groups in total. The van der Waals surface area contributed by atoms with Crippen molar-refractivity contribution in [3.63, 3.8) is 0 Å². The molecule has 2 aromatic carbocycles. The van der Waals surface area contributed by atoms with Gasteiger partial charge in [-0.15, -0.1) is 0 Å². The normalized spacial score (nSPS) is 11.8. The van der Waals surface area contributed by atoms with Gasteiger partial charge in [0, 0.05) is 10.9 Å². The summed E-state index contributed by atoms with van der Waals surface area (Å²) in [4.78, 5) is 23.3. The number of rotatable bonds is 6. The number of halogens is 3. The van der Waals surface area contributed by atoms with Gasteiger partial charge in [0.1, 0.15) is 6.04 Å². The third-order valence-electron chi connectivity index (χ3n) is 3.31. The number of carbonyl (C=O) groups excluding carboxylic acids is 1. The lowest BCUT2D eigenvalue weighted by Crippen LogP contribution is -2.43. The van der Waals surface area contributed by atoms with E-state index < -0.39 is 29.6 Å². The zero-order chi connectivity index (χ0) is 17.7. The van der Waals surface area contributed by atoms with E-state index in [9.17, 15) is 23.5 Å². The Morgan fingerprint density at radius 2 is 1.83 bits per heavy atom. The molecule has 0 fully saturated rings. The van der Waals surface area contributed by atoms with E-state index in [1.54, 1.807) is 24.3 Å². The minimum absolute atomic E-state index is 0.109. The number of hydrogen-bond donors (Lipinski definition) is 2. The summed E-state index contributed by atoms with van der Waals surface area (Å²) >= 11 is 3.30. The minimum Gasteiger partial charge on any atom is -0.480 e. The van der Waals surface area contributed by atoms with Gasteiger partial charge in [0.15, 0.2) is 11.6 Å².